The number of hydrogen-bond donors (Lipinski definition) is 1. The average Bonchev–Trinajstić information content (AvgIpc) is 3.10. The van der Waals surface area contributed by atoms with E-state index in [1.165, 1.54) is 24.3 Å². The number of rotatable bonds is 4. The SMILES string of the molecule is Cc1ccccc1C1(c2ccccc2O)c2cc(F)ccc2N(c2ccc3c(=O)c(C)cn(-c4ccccc4)c3c2)c2ccc(F)cc21. The van der Waals surface area contributed by atoms with Gasteiger partial charge in [-0.05, 0) is 109 Å². The minimum atomic E-state index is -1.29. The number of hydrogen-bond acceptors (Lipinski definition) is 3. The van der Waals surface area contributed by atoms with Crippen LogP contribution in [-0.2, 0) is 5.41 Å². The van der Waals surface area contributed by atoms with Crippen molar-refractivity contribution in [3.63, 3.8) is 0 Å². The lowest BCUT2D eigenvalue weighted by atomic mass is 9.61. The number of fused-ring (bicyclic) bond motifs is 3. The van der Waals surface area contributed by atoms with E-state index in [4.69, 9.17) is 0 Å². The summed E-state index contributed by atoms with van der Waals surface area (Å²) in [6.07, 6.45) is 1.84. The average molecular weight is 633 g/mol. The zero-order valence-electron chi connectivity index (χ0n) is 26.3. The van der Waals surface area contributed by atoms with Gasteiger partial charge in [0.25, 0.3) is 0 Å². The van der Waals surface area contributed by atoms with Gasteiger partial charge < -0.3 is 14.6 Å². The molecule has 7 aromatic rings. The molecule has 8 rings (SSSR count). The van der Waals surface area contributed by atoms with Crippen molar-refractivity contribution in [1.82, 2.24) is 4.57 Å². The smallest absolute Gasteiger partial charge is 0.192 e. The molecule has 0 amide bonds. The van der Waals surface area contributed by atoms with Gasteiger partial charge in [0.05, 0.1) is 22.3 Å². The molecule has 6 heteroatoms. The van der Waals surface area contributed by atoms with E-state index in [0.29, 0.717) is 50.2 Å². The van der Waals surface area contributed by atoms with Crippen molar-refractivity contribution in [3.8, 4) is 11.4 Å². The third kappa shape index (κ3) is 4.29. The largest absolute Gasteiger partial charge is 0.508 e. The van der Waals surface area contributed by atoms with Crippen molar-refractivity contribution in [2.75, 3.05) is 4.90 Å². The molecule has 0 saturated carbocycles. The van der Waals surface area contributed by atoms with Gasteiger partial charge in [0, 0.05) is 34.1 Å². The van der Waals surface area contributed by atoms with Gasteiger partial charge in [-0.3, -0.25) is 4.79 Å². The quantitative estimate of drug-likeness (QED) is 0.210. The monoisotopic (exact) mass is 632 g/mol. The molecule has 1 aliphatic rings. The Balaban J connectivity index is 1.51. The van der Waals surface area contributed by atoms with Crippen LogP contribution >= 0.6 is 0 Å². The number of anilines is 3. The fourth-order valence-corrected chi connectivity index (χ4v) is 7.46. The summed E-state index contributed by atoms with van der Waals surface area (Å²) in [6, 6.07) is 39.4. The number of phenolic OH excluding ortho intramolecular Hbond substituents is 1. The number of aromatic nitrogens is 1. The van der Waals surface area contributed by atoms with E-state index in [9.17, 15) is 9.90 Å². The number of nitrogens with zero attached hydrogens (tertiary/aromatic N) is 2. The molecular weight excluding hydrogens is 602 g/mol. The molecule has 2 heterocycles. The van der Waals surface area contributed by atoms with Crippen LogP contribution in [0.25, 0.3) is 16.6 Å². The maximum absolute atomic E-state index is 15.6. The molecular formula is C42H30F2N2O2. The number of aromatic hydroxyl groups is 1. The first kappa shape index (κ1) is 29.4. The van der Waals surface area contributed by atoms with Crippen molar-refractivity contribution in [1.29, 1.82) is 0 Å². The molecule has 48 heavy (non-hydrogen) atoms. The second-order valence-electron chi connectivity index (χ2n) is 12.3. The third-order valence-electron chi connectivity index (χ3n) is 9.52. The molecule has 0 bridgehead atoms. The maximum Gasteiger partial charge on any atom is 0.192 e. The van der Waals surface area contributed by atoms with Gasteiger partial charge in [-0.15, -0.1) is 0 Å². The summed E-state index contributed by atoms with van der Waals surface area (Å²) in [5, 5.41) is 12.1. The van der Waals surface area contributed by atoms with E-state index in [-0.39, 0.29) is 11.2 Å². The van der Waals surface area contributed by atoms with Gasteiger partial charge >= 0.3 is 0 Å². The van der Waals surface area contributed by atoms with Gasteiger partial charge in [-0.2, -0.15) is 0 Å². The highest BCUT2D eigenvalue weighted by Gasteiger charge is 2.49. The van der Waals surface area contributed by atoms with Gasteiger partial charge in [0.2, 0.25) is 0 Å². The zero-order valence-corrected chi connectivity index (χ0v) is 26.3. The standard InChI is InChI=1S/C42H30F2N2O2/c1-26-10-6-7-13-33(26)42(34-14-8-9-15-40(34)47)35-22-28(43)16-20-37(35)46(38-21-17-29(44)23-36(38)42)31-18-19-32-39(24-31)45(25-27(2)41(32)48)30-11-4-3-5-12-30/h3-25,47H,1-2H3. The second-order valence-corrected chi connectivity index (χ2v) is 12.3. The predicted molar refractivity (Wildman–Crippen MR) is 187 cm³/mol. The minimum absolute atomic E-state index is 0.00702. The highest BCUT2D eigenvalue weighted by atomic mass is 19.1. The molecule has 0 saturated heterocycles. The van der Waals surface area contributed by atoms with E-state index in [1.54, 1.807) is 31.2 Å². The van der Waals surface area contributed by atoms with Crippen molar-refractivity contribution in [2.45, 2.75) is 19.3 Å². The van der Waals surface area contributed by atoms with Crippen molar-refractivity contribution in [2.24, 2.45) is 0 Å². The molecule has 1 aromatic heterocycles. The zero-order chi connectivity index (χ0) is 33.2. The molecule has 1 N–H and O–H groups in total. The van der Waals surface area contributed by atoms with E-state index in [2.05, 4.69) is 0 Å². The normalized spacial score (nSPS) is 13.3. The summed E-state index contributed by atoms with van der Waals surface area (Å²) < 4.78 is 33.2. The molecule has 234 valence electrons. The molecule has 0 radical (unpaired) electrons. The molecule has 0 spiro atoms. The predicted octanol–water partition coefficient (Wildman–Crippen LogP) is 9.76. The van der Waals surface area contributed by atoms with E-state index in [0.717, 1.165) is 16.8 Å². The van der Waals surface area contributed by atoms with Crippen LogP contribution in [-0.4, -0.2) is 9.67 Å². The van der Waals surface area contributed by atoms with Crippen LogP contribution in [0.4, 0.5) is 25.8 Å². The number of halogens is 2. The fourth-order valence-electron chi connectivity index (χ4n) is 7.46. The van der Waals surface area contributed by atoms with Crippen LogP contribution in [0.15, 0.2) is 144 Å². The van der Waals surface area contributed by atoms with Gasteiger partial charge in [0.1, 0.15) is 17.4 Å². The number of benzene rings is 6. The van der Waals surface area contributed by atoms with Gasteiger partial charge in [-0.1, -0.05) is 60.7 Å². The van der Waals surface area contributed by atoms with Crippen LogP contribution in [0.1, 0.15) is 33.4 Å². The summed E-state index contributed by atoms with van der Waals surface area (Å²) in [4.78, 5) is 15.4. The van der Waals surface area contributed by atoms with E-state index in [1.807, 2.05) is 108 Å². The maximum atomic E-state index is 15.6. The van der Waals surface area contributed by atoms with Crippen molar-refractivity contribution < 1.29 is 13.9 Å². The Labute approximate surface area is 276 Å². The third-order valence-corrected chi connectivity index (χ3v) is 9.52. The van der Waals surface area contributed by atoms with Gasteiger partial charge in [-0.25, -0.2) is 8.78 Å². The molecule has 4 nitrogen and oxygen atoms in total. The number of pyridine rings is 1. The van der Waals surface area contributed by atoms with Gasteiger partial charge in [0.15, 0.2) is 5.43 Å². The Morgan fingerprint density at radius 3 is 1.83 bits per heavy atom. The van der Waals surface area contributed by atoms with Crippen LogP contribution in [0.3, 0.4) is 0 Å². The number of aryl methyl sites for hydroxylation is 2. The summed E-state index contributed by atoms with van der Waals surface area (Å²) in [5.74, 6) is -0.921. The first-order chi connectivity index (χ1) is 23.3. The lowest BCUT2D eigenvalue weighted by molar-refractivity contribution is 0.459. The van der Waals surface area contributed by atoms with E-state index >= 15 is 8.78 Å². The van der Waals surface area contributed by atoms with Crippen molar-refractivity contribution >= 4 is 28.0 Å². The van der Waals surface area contributed by atoms with Crippen LogP contribution in [0.5, 0.6) is 5.75 Å². The highest BCUT2D eigenvalue weighted by molar-refractivity contribution is 5.93. The lowest BCUT2D eigenvalue weighted by Gasteiger charge is -2.47. The Bertz CT molecular complexity index is 2350. The summed E-state index contributed by atoms with van der Waals surface area (Å²) in [7, 11) is 0. The molecule has 0 atom stereocenters. The highest BCUT2D eigenvalue weighted by Crippen LogP contribution is 2.59. The molecule has 1 aliphatic heterocycles. The summed E-state index contributed by atoms with van der Waals surface area (Å²) >= 11 is 0. The summed E-state index contributed by atoms with van der Waals surface area (Å²) in [5.41, 5.74) is 6.13. The first-order valence-corrected chi connectivity index (χ1v) is 15.8. The molecule has 0 fully saturated rings. The Hall–Kier alpha value is -6.01. The molecule has 0 aliphatic carbocycles. The van der Waals surface area contributed by atoms with Crippen molar-refractivity contribution in [3.05, 3.63) is 195 Å². The van der Waals surface area contributed by atoms with Crippen LogP contribution < -0.4 is 10.3 Å². The molecule has 6 aromatic carbocycles. The Morgan fingerprint density at radius 1 is 0.583 bits per heavy atom. The van der Waals surface area contributed by atoms with Crippen LogP contribution in [0.2, 0.25) is 0 Å². The van der Waals surface area contributed by atoms with E-state index < -0.39 is 17.0 Å². The fraction of sp³-hybridized carbons (Fsp3) is 0.0714. The summed E-state index contributed by atoms with van der Waals surface area (Å²) in [6.45, 7) is 3.77. The Kier molecular flexibility index (Phi) is 6.77. The first-order valence-electron chi connectivity index (χ1n) is 15.8. The number of phenols is 1. The van der Waals surface area contributed by atoms with Crippen LogP contribution in [0, 0.1) is 25.5 Å². The number of para-hydroxylation sites is 2. The second kappa shape index (κ2) is 11.1. The lowest BCUT2D eigenvalue weighted by Crippen LogP contribution is -2.38. The topological polar surface area (TPSA) is 45.5 Å². The minimum Gasteiger partial charge on any atom is -0.508 e. The Morgan fingerprint density at radius 2 is 1.19 bits per heavy atom. The molecule has 0 unspecified atom stereocenters.